The molecule has 1 aromatic heterocycles. The monoisotopic (exact) mass is 350 g/mol. The number of para-hydroxylation sites is 1. The van der Waals surface area contributed by atoms with E-state index >= 15 is 0 Å². The highest BCUT2D eigenvalue weighted by Gasteiger charge is 2.34. The number of hydrogen-bond donors (Lipinski definition) is 3. The quantitative estimate of drug-likeness (QED) is 0.734. The van der Waals surface area contributed by atoms with E-state index in [1.165, 1.54) is 0 Å². The molecule has 3 rings (SSSR count). The van der Waals surface area contributed by atoms with E-state index in [1.54, 1.807) is 6.20 Å². The average molecular weight is 350 g/mol. The molecule has 1 fully saturated rings. The molecule has 2 heterocycles. The van der Waals surface area contributed by atoms with Gasteiger partial charge in [-0.15, -0.1) is 0 Å². The van der Waals surface area contributed by atoms with Crippen molar-refractivity contribution in [1.29, 1.82) is 0 Å². The van der Waals surface area contributed by atoms with Crippen LogP contribution in [0.3, 0.4) is 0 Å². The highest BCUT2D eigenvalue weighted by atomic mass is 32.2. The fraction of sp³-hybridized carbons (Fsp3) is 0.375. The minimum atomic E-state index is -3.19. The Balaban J connectivity index is 1.73. The fourth-order valence-corrected chi connectivity index (χ4v) is 4.75. The van der Waals surface area contributed by atoms with Crippen LogP contribution in [-0.2, 0) is 25.8 Å². The SMILES string of the molecule is O=C(NC(Cc1c[nH]c2ccccc12)C(=O)O)C1CCS(=O)(=O)C1. The molecule has 24 heavy (non-hydrogen) atoms. The zero-order chi connectivity index (χ0) is 17.3. The van der Waals surface area contributed by atoms with Crippen molar-refractivity contribution >= 4 is 32.6 Å². The van der Waals surface area contributed by atoms with Crippen LogP contribution in [0.4, 0.5) is 0 Å². The summed E-state index contributed by atoms with van der Waals surface area (Å²) in [6.07, 6.45) is 2.10. The van der Waals surface area contributed by atoms with Crippen molar-refractivity contribution in [3.8, 4) is 0 Å². The van der Waals surface area contributed by atoms with Gasteiger partial charge in [0, 0.05) is 23.5 Å². The third-order valence-corrected chi connectivity index (χ3v) is 6.08. The molecule has 0 spiro atoms. The van der Waals surface area contributed by atoms with Gasteiger partial charge in [0.15, 0.2) is 9.84 Å². The number of carbonyl (C=O) groups excluding carboxylic acids is 1. The van der Waals surface area contributed by atoms with Crippen molar-refractivity contribution in [2.45, 2.75) is 18.9 Å². The number of fused-ring (bicyclic) bond motifs is 1. The Morgan fingerprint density at radius 1 is 1.33 bits per heavy atom. The summed E-state index contributed by atoms with van der Waals surface area (Å²) < 4.78 is 22.9. The van der Waals surface area contributed by atoms with Crippen LogP contribution in [0.5, 0.6) is 0 Å². The predicted molar refractivity (Wildman–Crippen MR) is 88.3 cm³/mol. The number of aromatic nitrogens is 1. The molecule has 2 aromatic rings. The van der Waals surface area contributed by atoms with Crippen molar-refractivity contribution in [2.24, 2.45) is 5.92 Å². The fourth-order valence-electron chi connectivity index (χ4n) is 3.01. The molecule has 128 valence electrons. The lowest BCUT2D eigenvalue weighted by Gasteiger charge is -2.16. The number of aromatic amines is 1. The molecule has 7 nitrogen and oxygen atoms in total. The lowest BCUT2D eigenvalue weighted by Crippen LogP contribution is -2.45. The molecule has 2 unspecified atom stereocenters. The van der Waals surface area contributed by atoms with Gasteiger partial charge in [-0.2, -0.15) is 0 Å². The van der Waals surface area contributed by atoms with Gasteiger partial charge in [-0.1, -0.05) is 18.2 Å². The van der Waals surface area contributed by atoms with E-state index in [4.69, 9.17) is 0 Å². The Morgan fingerprint density at radius 3 is 2.75 bits per heavy atom. The van der Waals surface area contributed by atoms with Gasteiger partial charge in [0.2, 0.25) is 5.91 Å². The second-order valence-electron chi connectivity index (χ2n) is 6.06. The molecule has 1 amide bonds. The summed E-state index contributed by atoms with van der Waals surface area (Å²) in [6, 6.07) is 6.40. The average Bonchev–Trinajstić information content (AvgIpc) is 3.10. The van der Waals surface area contributed by atoms with Gasteiger partial charge in [0.1, 0.15) is 6.04 Å². The molecule has 0 radical (unpaired) electrons. The second-order valence-corrected chi connectivity index (χ2v) is 8.29. The Morgan fingerprint density at radius 2 is 2.08 bits per heavy atom. The summed E-state index contributed by atoms with van der Waals surface area (Å²) in [5, 5.41) is 12.8. The highest BCUT2D eigenvalue weighted by Crippen LogP contribution is 2.21. The number of aliphatic carboxylic acids is 1. The molecule has 1 aliphatic heterocycles. The number of benzene rings is 1. The standard InChI is InChI=1S/C16H18N2O5S/c19-15(10-5-6-24(22,23)9-10)18-14(16(20)21)7-11-8-17-13-4-2-1-3-12(11)13/h1-4,8,10,14,17H,5-7,9H2,(H,18,19)(H,20,21). The van der Waals surface area contributed by atoms with Crippen LogP contribution in [0, 0.1) is 5.92 Å². The van der Waals surface area contributed by atoms with Crippen LogP contribution in [0.15, 0.2) is 30.5 Å². The molecule has 0 bridgehead atoms. The minimum Gasteiger partial charge on any atom is -0.480 e. The molecule has 1 aromatic carbocycles. The van der Waals surface area contributed by atoms with Gasteiger partial charge in [-0.3, -0.25) is 4.79 Å². The largest absolute Gasteiger partial charge is 0.480 e. The second kappa shape index (κ2) is 6.27. The lowest BCUT2D eigenvalue weighted by molar-refractivity contribution is -0.142. The molecule has 2 atom stereocenters. The molecule has 8 heteroatoms. The molecule has 0 aliphatic carbocycles. The van der Waals surface area contributed by atoms with E-state index in [-0.39, 0.29) is 24.3 Å². The number of carboxylic acids is 1. The summed E-state index contributed by atoms with van der Waals surface area (Å²) >= 11 is 0. The number of H-pyrrole nitrogens is 1. The number of sulfone groups is 1. The van der Waals surface area contributed by atoms with Crippen molar-refractivity contribution < 1.29 is 23.1 Å². The van der Waals surface area contributed by atoms with E-state index in [1.807, 2.05) is 24.3 Å². The first-order valence-corrected chi connectivity index (χ1v) is 9.46. The first kappa shape index (κ1) is 16.5. The number of carboxylic acid groups (broad SMARTS) is 1. The number of rotatable bonds is 5. The molecule has 1 saturated heterocycles. The van der Waals surface area contributed by atoms with Crippen LogP contribution in [0.2, 0.25) is 0 Å². The Bertz CT molecular complexity index is 887. The Kier molecular flexibility index (Phi) is 4.31. The molecular weight excluding hydrogens is 332 g/mol. The number of nitrogens with one attached hydrogen (secondary N) is 2. The van der Waals surface area contributed by atoms with E-state index in [0.29, 0.717) is 0 Å². The zero-order valence-corrected chi connectivity index (χ0v) is 13.7. The number of carbonyl (C=O) groups is 2. The normalized spacial score (nSPS) is 20.8. The third kappa shape index (κ3) is 3.43. The van der Waals surface area contributed by atoms with Gasteiger partial charge in [-0.05, 0) is 18.1 Å². The number of amides is 1. The molecule has 3 N–H and O–H groups in total. The summed E-state index contributed by atoms with van der Waals surface area (Å²) in [7, 11) is -3.19. The first-order chi connectivity index (χ1) is 11.4. The maximum Gasteiger partial charge on any atom is 0.326 e. The zero-order valence-electron chi connectivity index (χ0n) is 12.9. The van der Waals surface area contributed by atoms with Crippen LogP contribution in [-0.4, -0.2) is 47.9 Å². The van der Waals surface area contributed by atoms with Gasteiger partial charge >= 0.3 is 5.97 Å². The maximum atomic E-state index is 12.2. The molecule has 0 saturated carbocycles. The van der Waals surface area contributed by atoms with Gasteiger partial charge in [0.05, 0.1) is 17.4 Å². The summed E-state index contributed by atoms with van der Waals surface area (Å²) in [5.74, 6) is -2.55. The number of hydrogen-bond acceptors (Lipinski definition) is 4. The highest BCUT2D eigenvalue weighted by molar-refractivity contribution is 7.91. The summed E-state index contributed by atoms with van der Waals surface area (Å²) in [5.41, 5.74) is 1.68. The van der Waals surface area contributed by atoms with E-state index in [0.717, 1.165) is 16.5 Å². The van der Waals surface area contributed by atoms with Crippen LogP contribution in [0.25, 0.3) is 10.9 Å². The van der Waals surface area contributed by atoms with E-state index in [2.05, 4.69) is 10.3 Å². The van der Waals surface area contributed by atoms with Crippen molar-refractivity contribution in [3.63, 3.8) is 0 Å². The lowest BCUT2D eigenvalue weighted by atomic mass is 10.0. The van der Waals surface area contributed by atoms with Gasteiger partial charge in [0.25, 0.3) is 0 Å². The first-order valence-electron chi connectivity index (χ1n) is 7.64. The van der Waals surface area contributed by atoms with Crippen molar-refractivity contribution in [2.75, 3.05) is 11.5 Å². The molecular formula is C16H18N2O5S. The summed E-state index contributed by atoms with van der Waals surface area (Å²) in [6.45, 7) is 0. The van der Waals surface area contributed by atoms with Gasteiger partial charge < -0.3 is 15.4 Å². The minimum absolute atomic E-state index is 0.0225. The van der Waals surface area contributed by atoms with E-state index < -0.39 is 33.7 Å². The van der Waals surface area contributed by atoms with Crippen LogP contribution >= 0.6 is 0 Å². The summed E-state index contributed by atoms with van der Waals surface area (Å²) in [4.78, 5) is 26.8. The van der Waals surface area contributed by atoms with Crippen molar-refractivity contribution in [1.82, 2.24) is 10.3 Å². The molecule has 1 aliphatic rings. The smallest absolute Gasteiger partial charge is 0.326 e. The Labute approximate surface area is 139 Å². The van der Waals surface area contributed by atoms with Crippen molar-refractivity contribution in [3.05, 3.63) is 36.0 Å². The third-order valence-electron chi connectivity index (χ3n) is 4.32. The van der Waals surface area contributed by atoms with Gasteiger partial charge in [-0.25, -0.2) is 13.2 Å². The Hall–Kier alpha value is -2.35. The van der Waals surface area contributed by atoms with E-state index in [9.17, 15) is 23.1 Å². The maximum absolute atomic E-state index is 12.2. The topological polar surface area (TPSA) is 116 Å². The predicted octanol–water partition coefficient (Wildman–Crippen LogP) is 0.714. The van der Waals surface area contributed by atoms with Crippen LogP contribution < -0.4 is 5.32 Å². The van der Waals surface area contributed by atoms with Crippen LogP contribution in [0.1, 0.15) is 12.0 Å².